The third-order valence-electron chi connectivity index (χ3n) is 4.50. The van der Waals surface area contributed by atoms with Gasteiger partial charge in [0.25, 0.3) is 0 Å². The lowest BCUT2D eigenvalue weighted by Gasteiger charge is -2.24. The van der Waals surface area contributed by atoms with Gasteiger partial charge in [-0.1, -0.05) is 51.4 Å². The highest BCUT2D eigenvalue weighted by molar-refractivity contribution is 5.74. The molecule has 0 bridgehead atoms. The van der Waals surface area contributed by atoms with Crippen molar-refractivity contribution in [1.82, 2.24) is 10.6 Å². The fourth-order valence-electron chi connectivity index (χ4n) is 3.35. The molecule has 2 rings (SSSR count). The topological polar surface area (TPSA) is 41.1 Å². The quantitative estimate of drug-likeness (QED) is 0.788. The second-order valence-electron chi connectivity index (χ2n) is 6.03. The number of carbonyl (C=O) groups excluding carboxylic acids is 1. The van der Waals surface area contributed by atoms with Gasteiger partial charge in [-0.3, -0.25) is 0 Å². The standard InChI is InChI=1S/C15H28N2O/c18-15(17-14-9-5-2-6-10-14)16-12-11-13-7-3-1-4-8-13/h13-14H,1-12H2,(H2,16,17,18). The summed E-state index contributed by atoms with van der Waals surface area (Å²) >= 11 is 0. The molecule has 0 aromatic carbocycles. The second kappa shape index (κ2) is 7.65. The Hall–Kier alpha value is -0.730. The van der Waals surface area contributed by atoms with Crippen LogP contribution in [0.15, 0.2) is 0 Å². The first kappa shape index (κ1) is 13.7. The van der Waals surface area contributed by atoms with Gasteiger partial charge >= 0.3 is 6.03 Å². The summed E-state index contributed by atoms with van der Waals surface area (Å²) in [6.07, 6.45) is 14.3. The van der Waals surface area contributed by atoms with Crippen molar-refractivity contribution < 1.29 is 4.79 Å². The van der Waals surface area contributed by atoms with Gasteiger partial charge in [-0.15, -0.1) is 0 Å². The predicted molar refractivity (Wildman–Crippen MR) is 74.6 cm³/mol. The molecular formula is C15H28N2O. The van der Waals surface area contributed by atoms with Crippen LogP contribution in [0.5, 0.6) is 0 Å². The number of urea groups is 1. The minimum absolute atomic E-state index is 0.0534. The van der Waals surface area contributed by atoms with Gasteiger partial charge in [0.15, 0.2) is 0 Å². The molecule has 0 heterocycles. The van der Waals surface area contributed by atoms with Gasteiger partial charge in [0.1, 0.15) is 0 Å². The SMILES string of the molecule is O=C(NCCC1CCCCC1)NC1CCCCC1. The number of amides is 2. The van der Waals surface area contributed by atoms with Crippen molar-refractivity contribution >= 4 is 6.03 Å². The second-order valence-corrected chi connectivity index (χ2v) is 6.03. The number of carbonyl (C=O) groups is 1. The lowest BCUT2D eigenvalue weighted by atomic mass is 9.87. The maximum Gasteiger partial charge on any atom is 0.315 e. The van der Waals surface area contributed by atoms with Crippen LogP contribution in [0.25, 0.3) is 0 Å². The van der Waals surface area contributed by atoms with E-state index in [-0.39, 0.29) is 6.03 Å². The fourth-order valence-corrected chi connectivity index (χ4v) is 3.35. The summed E-state index contributed by atoms with van der Waals surface area (Å²) in [4.78, 5) is 11.7. The molecule has 2 aliphatic carbocycles. The van der Waals surface area contributed by atoms with Crippen LogP contribution in [0.2, 0.25) is 0 Å². The molecule has 0 unspecified atom stereocenters. The smallest absolute Gasteiger partial charge is 0.315 e. The summed E-state index contributed by atoms with van der Waals surface area (Å²) < 4.78 is 0. The van der Waals surface area contributed by atoms with Crippen molar-refractivity contribution in [1.29, 1.82) is 0 Å². The lowest BCUT2D eigenvalue weighted by Crippen LogP contribution is -2.43. The maximum atomic E-state index is 11.7. The highest BCUT2D eigenvalue weighted by Gasteiger charge is 2.16. The average molecular weight is 252 g/mol. The first-order chi connectivity index (χ1) is 8.84. The Kier molecular flexibility index (Phi) is 5.82. The van der Waals surface area contributed by atoms with Crippen LogP contribution in [-0.2, 0) is 0 Å². The lowest BCUT2D eigenvalue weighted by molar-refractivity contribution is 0.231. The predicted octanol–water partition coefficient (Wildman–Crippen LogP) is 3.59. The molecular weight excluding hydrogens is 224 g/mol. The zero-order valence-corrected chi connectivity index (χ0v) is 11.5. The van der Waals surface area contributed by atoms with Crippen LogP contribution < -0.4 is 10.6 Å². The Morgan fingerprint density at radius 3 is 2.17 bits per heavy atom. The number of hydrogen-bond acceptors (Lipinski definition) is 1. The Morgan fingerprint density at radius 2 is 1.50 bits per heavy atom. The third-order valence-corrected chi connectivity index (χ3v) is 4.50. The largest absolute Gasteiger partial charge is 0.338 e. The summed E-state index contributed by atoms with van der Waals surface area (Å²) in [5.41, 5.74) is 0. The van der Waals surface area contributed by atoms with Crippen molar-refractivity contribution in [3.05, 3.63) is 0 Å². The van der Waals surface area contributed by atoms with Gasteiger partial charge in [-0.2, -0.15) is 0 Å². The molecule has 0 atom stereocenters. The average Bonchev–Trinajstić information content (AvgIpc) is 2.41. The van der Waals surface area contributed by atoms with Gasteiger partial charge in [0.2, 0.25) is 0 Å². The highest BCUT2D eigenvalue weighted by Crippen LogP contribution is 2.25. The molecule has 0 aromatic heterocycles. The van der Waals surface area contributed by atoms with Crippen molar-refractivity contribution in [3.63, 3.8) is 0 Å². The molecule has 0 aromatic rings. The minimum Gasteiger partial charge on any atom is -0.338 e. The number of rotatable bonds is 4. The zero-order chi connectivity index (χ0) is 12.6. The van der Waals surface area contributed by atoms with Crippen LogP contribution >= 0.6 is 0 Å². The number of hydrogen-bond donors (Lipinski definition) is 2. The van der Waals surface area contributed by atoms with Crippen molar-refractivity contribution in [3.8, 4) is 0 Å². The molecule has 0 spiro atoms. The summed E-state index contributed by atoms with van der Waals surface area (Å²) in [6, 6.07) is 0.478. The minimum atomic E-state index is 0.0534. The molecule has 0 saturated heterocycles. The Balaban J connectivity index is 1.53. The van der Waals surface area contributed by atoms with Gasteiger partial charge in [-0.25, -0.2) is 4.79 Å². The van der Waals surface area contributed by atoms with Crippen LogP contribution in [0.3, 0.4) is 0 Å². The molecule has 3 heteroatoms. The first-order valence-corrected chi connectivity index (χ1v) is 7.89. The molecule has 0 aliphatic heterocycles. The molecule has 2 fully saturated rings. The Labute approximate surface area is 111 Å². The molecule has 2 amide bonds. The third kappa shape index (κ3) is 4.87. The van der Waals surface area contributed by atoms with E-state index in [0.717, 1.165) is 31.7 Å². The molecule has 0 radical (unpaired) electrons. The van der Waals surface area contributed by atoms with E-state index in [1.54, 1.807) is 0 Å². The van der Waals surface area contributed by atoms with Crippen LogP contribution in [0.1, 0.15) is 70.6 Å². The van der Waals surface area contributed by atoms with Crippen LogP contribution in [0.4, 0.5) is 4.79 Å². The van der Waals surface area contributed by atoms with E-state index in [0.29, 0.717) is 6.04 Å². The van der Waals surface area contributed by atoms with Crippen LogP contribution in [0, 0.1) is 5.92 Å². The monoisotopic (exact) mass is 252 g/mol. The molecule has 2 N–H and O–H groups in total. The summed E-state index contributed by atoms with van der Waals surface area (Å²) in [5.74, 6) is 0.855. The molecule has 2 saturated carbocycles. The van der Waals surface area contributed by atoms with E-state index >= 15 is 0 Å². The van der Waals surface area contributed by atoms with Crippen molar-refractivity contribution in [2.45, 2.75) is 76.7 Å². The highest BCUT2D eigenvalue weighted by atomic mass is 16.2. The summed E-state index contributed by atoms with van der Waals surface area (Å²) in [7, 11) is 0. The van der Waals surface area contributed by atoms with Gasteiger partial charge in [0, 0.05) is 12.6 Å². The van der Waals surface area contributed by atoms with E-state index in [1.165, 1.54) is 51.4 Å². The van der Waals surface area contributed by atoms with Gasteiger partial charge in [-0.05, 0) is 25.2 Å². The van der Waals surface area contributed by atoms with Crippen LogP contribution in [-0.4, -0.2) is 18.6 Å². The van der Waals surface area contributed by atoms with Crippen molar-refractivity contribution in [2.24, 2.45) is 5.92 Å². The maximum absolute atomic E-state index is 11.7. The van der Waals surface area contributed by atoms with E-state index in [4.69, 9.17) is 0 Å². The fraction of sp³-hybridized carbons (Fsp3) is 0.933. The zero-order valence-electron chi connectivity index (χ0n) is 11.5. The van der Waals surface area contributed by atoms with Gasteiger partial charge < -0.3 is 10.6 Å². The number of nitrogens with one attached hydrogen (secondary N) is 2. The molecule has 3 nitrogen and oxygen atoms in total. The normalized spacial score (nSPS) is 22.7. The van der Waals surface area contributed by atoms with Gasteiger partial charge in [0.05, 0.1) is 0 Å². The van der Waals surface area contributed by atoms with E-state index in [1.807, 2.05) is 0 Å². The first-order valence-electron chi connectivity index (χ1n) is 7.89. The molecule has 104 valence electrons. The molecule has 2 aliphatic rings. The van der Waals surface area contributed by atoms with Crippen molar-refractivity contribution in [2.75, 3.05) is 6.54 Å². The molecule has 18 heavy (non-hydrogen) atoms. The van der Waals surface area contributed by atoms with E-state index in [9.17, 15) is 4.79 Å². The van der Waals surface area contributed by atoms with E-state index in [2.05, 4.69) is 10.6 Å². The summed E-state index contributed by atoms with van der Waals surface area (Å²) in [6.45, 7) is 0.850. The van der Waals surface area contributed by atoms with E-state index < -0.39 is 0 Å². The summed E-state index contributed by atoms with van der Waals surface area (Å²) in [5, 5.41) is 6.13. The Morgan fingerprint density at radius 1 is 0.889 bits per heavy atom. The Bertz CT molecular complexity index is 243.